The number of methoxy groups -OCH3 is 1. The van der Waals surface area contributed by atoms with Crippen LogP contribution in [-0.2, 0) is 4.74 Å². The minimum absolute atomic E-state index is 0.0156. The van der Waals surface area contributed by atoms with Crippen LogP contribution in [0.5, 0.6) is 17.4 Å². The number of aromatic nitrogens is 1. The van der Waals surface area contributed by atoms with Crippen LogP contribution in [0, 0.1) is 0 Å². The quantitative estimate of drug-likeness (QED) is 0.936. The van der Waals surface area contributed by atoms with Crippen molar-refractivity contribution in [3.8, 4) is 17.4 Å². The largest absolute Gasteiger partial charge is 0.497 e. The minimum atomic E-state index is -0.0156. The molecule has 1 aromatic heterocycles. The first-order chi connectivity index (χ1) is 10.3. The van der Waals surface area contributed by atoms with Gasteiger partial charge in [0.2, 0.25) is 5.88 Å². The molecule has 0 bridgehead atoms. The fourth-order valence-electron chi connectivity index (χ4n) is 2.19. The van der Waals surface area contributed by atoms with Crippen molar-refractivity contribution in [3.63, 3.8) is 0 Å². The minimum Gasteiger partial charge on any atom is -0.497 e. The lowest BCUT2D eigenvalue weighted by molar-refractivity contribution is 0.0248. The van der Waals surface area contributed by atoms with Crippen molar-refractivity contribution in [2.45, 2.75) is 6.10 Å². The molecule has 1 aliphatic heterocycles. The average molecular weight is 286 g/mol. The van der Waals surface area contributed by atoms with Crippen LogP contribution in [0.1, 0.15) is 11.8 Å². The van der Waals surface area contributed by atoms with Gasteiger partial charge in [-0.1, -0.05) is 6.07 Å². The maximum atomic E-state index is 5.77. The van der Waals surface area contributed by atoms with E-state index >= 15 is 0 Å². The normalized spacial score (nSPS) is 18.2. The zero-order valence-electron chi connectivity index (χ0n) is 11.9. The van der Waals surface area contributed by atoms with Crippen molar-refractivity contribution in [1.29, 1.82) is 0 Å². The van der Waals surface area contributed by atoms with Gasteiger partial charge >= 0.3 is 0 Å². The molecule has 1 aliphatic rings. The number of ether oxygens (including phenoxy) is 3. The summed E-state index contributed by atoms with van der Waals surface area (Å²) in [5.74, 6) is 2.08. The van der Waals surface area contributed by atoms with Gasteiger partial charge in [0.25, 0.3) is 0 Å². The highest BCUT2D eigenvalue weighted by Crippen LogP contribution is 2.24. The highest BCUT2D eigenvalue weighted by Gasteiger charge is 2.17. The predicted molar refractivity (Wildman–Crippen MR) is 78.9 cm³/mol. The van der Waals surface area contributed by atoms with E-state index in [9.17, 15) is 0 Å². The molecule has 2 aromatic rings. The van der Waals surface area contributed by atoms with Crippen LogP contribution < -0.4 is 14.8 Å². The van der Waals surface area contributed by atoms with Crippen LogP contribution in [0.4, 0.5) is 0 Å². The summed E-state index contributed by atoms with van der Waals surface area (Å²) >= 11 is 0. The number of rotatable bonds is 4. The Morgan fingerprint density at radius 2 is 1.95 bits per heavy atom. The van der Waals surface area contributed by atoms with E-state index < -0.39 is 0 Å². The molecule has 5 nitrogen and oxygen atoms in total. The van der Waals surface area contributed by atoms with Crippen molar-refractivity contribution < 1.29 is 14.2 Å². The topological polar surface area (TPSA) is 52.6 Å². The summed E-state index contributed by atoms with van der Waals surface area (Å²) in [5.41, 5.74) is 0.883. The second-order valence-corrected chi connectivity index (χ2v) is 4.74. The van der Waals surface area contributed by atoms with Crippen LogP contribution in [-0.4, -0.2) is 31.8 Å². The fraction of sp³-hybridized carbons (Fsp3) is 0.312. The lowest BCUT2D eigenvalue weighted by Gasteiger charge is -2.23. The van der Waals surface area contributed by atoms with Crippen molar-refractivity contribution >= 4 is 0 Å². The van der Waals surface area contributed by atoms with Gasteiger partial charge in [0.15, 0.2) is 0 Å². The summed E-state index contributed by atoms with van der Waals surface area (Å²) in [6.45, 7) is 2.37. The Hall–Kier alpha value is -2.11. The molecule has 110 valence electrons. The maximum absolute atomic E-state index is 5.77. The van der Waals surface area contributed by atoms with E-state index in [0.29, 0.717) is 12.5 Å². The molecule has 3 rings (SSSR count). The zero-order chi connectivity index (χ0) is 14.5. The molecular formula is C16H18N2O3. The Balaban J connectivity index is 1.72. The van der Waals surface area contributed by atoms with Crippen molar-refractivity contribution in [3.05, 3.63) is 48.2 Å². The number of hydrogen-bond acceptors (Lipinski definition) is 5. The smallest absolute Gasteiger partial charge is 0.219 e. The monoisotopic (exact) mass is 286 g/mol. The van der Waals surface area contributed by atoms with Gasteiger partial charge < -0.3 is 19.5 Å². The van der Waals surface area contributed by atoms with Crippen molar-refractivity contribution in [1.82, 2.24) is 10.3 Å². The van der Waals surface area contributed by atoms with E-state index in [1.807, 2.05) is 42.5 Å². The average Bonchev–Trinajstić information content (AvgIpc) is 2.57. The van der Waals surface area contributed by atoms with Gasteiger partial charge in [-0.2, -0.15) is 0 Å². The first-order valence-electron chi connectivity index (χ1n) is 6.96. The summed E-state index contributed by atoms with van der Waals surface area (Å²) in [6.07, 6.45) is -0.0156. The van der Waals surface area contributed by atoms with E-state index in [2.05, 4.69) is 10.3 Å². The molecule has 0 saturated carbocycles. The van der Waals surface area contributed by atoms with Crippen LogP contribution >= 0.6 is 0 Å². The Morgan fingerprint density at radius 1 is 1.14 bits per heavy atom. The van der Waals surface area contributed by atoms with Crippen LogP contribution in [0.2, 0.25) is 0 Å². The number of hydrogen-bond donors (Lipinski definition) is 1. The number of benzene rings is 1. The van der Waals surface area contributed by atoms with Crippen LogP contribution in [0.15, 0.2) is 42.5 Å². The Kier molecular flexibility index (Phi) is 4.33. The number of pyridine rings is 1. The van der Waals surface area contributed by atoms with E-state index in [0.717, 1.165) is 30.3 Å². The van der Waals surface area contributed by atoms with Crippen LogP contribution in [0.3, 0.4) is 0 Å². The molecule has 1 saturated heterocycles. The van der Waals surface area contributed by atoms with Crippen LogP contribution in [0.25, 0.3) is 0 Å². The molecule has 1 aromatic carbocycles. The summed E-state index contributed by atoms with van der Waals surface area (Å²) in [7, 11) is 1.64. The Bertz CT molecular complexity index is 580. The van der Waals surface area contributed by atoms with Gasteiger partial charge in [0.05, 0.1) is 19.4 Å². The predicted octanol–water partition coefficient (Wildman–Crippen LogP) is 2.54. The summed E-state index contributed by atoms with van der Waals surface area (Å²) in [4.78, 5) is 4.52. The third-order valence-corrected chi connectivity index (χ3v) is 3.28. The second kappa shape index (κ2) is 6.56. The van der Waals surface area contributed by atoms with E-state index in [1.165, 1.54) is 0 Å². The SMILES string of the molecule is COc1ccc(Oc2cccc(C3CNCCO3)n2)cc1. The molecule has 1 N–H and O–H groups in total. The van der Waals surface area contributed by atoms with Crippen molar-refractivity contribution in [2.75, 3.05) is 26.8 Å². The van der Waals surface area contributed by atoms with Gasteiger partial charge in [-0.3, -0.25) is 0 Å². The molecule has 0 amide bonds. The first kappa shape index (κ1) is 13.9. The number of nitrogens with zero attached hydrogens (tertiary/aromatic N) is 1. The van der Waals surface area contributed by atoms with E-state index in [-0.39, 0.29) is 6.10 Å². The van der Waals surface area contributed by atoms with E-state index in [1.54, 1.807) is 7.11 Å². The molecule has 21 heavy (non-hydrogen) atoms. The second-order valence-electron chi connectivity index (χ2n) is 4.74. The summed E-state index contributed by atoms with van der Waals surface area (Å²) in [6, 6.07) is 13.1. The number of nitrogens with one attached hydrogen (secondary N) is 1. The molecule has 0 aliphatic carbocycles. The van der Waals surface area contributed by atoms with Gasteiger partial charge in [-0.05, 0) is 30.3 Å². The van der Waals surface area contributed by atoms with Gasteiger partial charge in [0, 0.05) is 19.2 Å². The Morgan fingerprint density at radius 3 is 2.67 bits per heavy atom. The Labute approximate surface area is 123 Å². The molecule has 0 radical (unpaired) electrons. The molecule has 0 spiro atoms. The third kappa shape index (κ3) is 3.51. The lowest BCUT2D eigenvalue weighted by Crippen LogP contribution is -2.33. The molecule has 1 fully saturated rings. The standard InChI is InChI=1S/C16H18N2O3/c1-19-12-5-7-13(8-6-12)21-16-4-2-3-14(18-16)15-11-17-9-10-20-15/h2-8,15,17H,9-11H2,1H3. The summed E-state index contributed by atoms with van der Waals surface area (Å²) in [5, 5.41) is 3.30. The molecule has 2 heterocycles. The zero-order valence-corrected chi connectivity index (χ0v) is 11.9. The molecule has 1 unspecified atom stereocenters. The third-order valence-electron chi connectivity index (χ3n) is 3.28. The molecule has 5 heteroatoms. The maximum Gasteiger partial charge on any atom is 0.219 e. The molecular weight excluding hydrogens is 268 g/mol. The van der Waals surface area contributed by atoms with Gasteiger partial charge in [-0.15, -0.1) is 0 Å². The number of morpholine rings is 1. The van der Waals surface area contributed by atoms with Gasteiger partial charge in [-0.25, -0.2) is 4.98 Å². The highest BCUT2D eigenvalue weighted by atomic mass is 16.5. The summed E-state index contributed by atoms with van der Waals surface area (Å²) < 4.78 is 16.6. The highest BCUT2D eigenvalue weighted by molar-refractivity contribution is 5.33. The molecule has 1 atom stereocenters. The lowest BCUT2D eigenvalue weighted by atomic mass is 10.2. The first-order valence-corrected chi connectivity index (χ1v) is 6.96. The fourth-order valence-corrected chi connectivity index (χ4v) is 2.19. The van der Waals surface area contributed by atoms with Gasteiger partial charge in [0.1, 0.15) is 17.6 Å². The van der Waals surface area contributed by atoms with Crippen molar-refractivity contribution in [2.24, 2.45) is 0 Å². The van der Waals surface area contributed by atoms with E-state index in [4.69, 9.17) is 14.2 Å².